The highest BCUT2D eigenvalue weighted by Gasteiger charge is 2.17. The summed E-state index contributed by atoms with van der Waals surface area (Å²) in [4.78, 5) is 12.0. The first kappa shape index (κ1) is 10.8. The molecule has 2 rings (SSSR count). The molecule has 0 bridgehead atoms. The number of hydrogen-bond acceptors (Lipinski definition) is 1. The van der Waals surface area contributed by atoms with Crippen LogP contribution in [0.1, 0.15) is 29.6 Å². The largest absolute Gasteiger partial charge is 0.289 e. The van der Waals surface area contributed by atoms with Gasteiger partial charge in [0.05, 0.1) is 0 Å². The number of rotatable bonds is 2. The molecule has 3 heteroatoms. The van der Waals surface area contributed by atoms with Gasteiger partial charge in [0.1, 0.15) is 5.82 Å². The monoisotopic (exact) mass is 316 g/mol. The second kappa shape index (κ2) is 4.43. The van der Waals surface area contributed by atoms with E-state index in [1.807, 2.05) is 28.7 Å². The highest BCUT2D eigenvalue weighted by atomic mass is 127. The van der Waals surface area contributed by atoms with Crippen LogP contribution in [0.15, 0.2) is 29.8 Å². The Labute approximate surface area is 102 Å². The van der Waals surface area contributed by atoms with Crippen molar-refractivity contribution in [2.45, 2.75) is 19.3 Å². The maximum Gasteiger partial charge on any atom is 0.189 e. The summed E-state index contributed by atoms with van der Waals surface area (Å²) < 4.78 is 13.5. The summed E-state index contributed by atoms with van der Waals surface area (Å²) in [6.07, 6.45) is 4.88. The molecular formula is C12H10FIO. The van der Waals surface area contributed by atoms with E-state index in [2.05, 4.69) is 0 Å². The van der Waals surface area contributed by atoms with Gasteiger partial charge >= 0.3 is 0 Å². The Morgan fingerprint density at radius 1 is 1.40 bits per heavy atom. The molecule has 0 saturated heterocycles. The predicted octanol–water partition coefficient (Wildman–Crippen LogP) is 3.72. The standard InChI is InChI=1S/C12H10FIO/c13-9-5-6-10(11(14)7-9)12(15)8-3-1-2-4-8/h3,5-7H,1-2,4H2. The zero-order valence-electron chi connectivity index (χ0n) is 8.09. The molecule has 0 N–H and O–H groups in total. The molecule has 0 spiro atoms. The number of ketones is 1. The highest BCUT2D eigenvalue weighted by molar-refractivity contribution is 14.1. The summed E-state index contributed by atoms with van der Waals surface area (Å²) in [5.41, 5.74) is 1.49. The average molecular weight is 316 g/mol. The lowest BCUT2D eigenvalue weighted by Gasteiger charge is -2.04. The molecule has 0 heterocycles. The lowest BCUT2D eigenvalue weighted by atomic mass is 10.0. The molecule has 0 unspecified atom stereocenters. The Morgan fingerprint density at radius 3 is 2.80 bits per heavy atom. The fourth-order valence-electron chi connectivity index (χ4n) is 1.72. The number of carbonyl (C=O) groups is 1. The van der Waals surface area contributed by atoms with E-state index in [0.717, 1.165) is 24.8 Å². The van der Waals surface area contributed by atoms with Gasteiger partial charge in [-0.3, -0.25) is 4.79 Å². The Morgan fingerprint density at radius 2 is 2.20 bits per heavy atom. The molecule has 0 aromatic heterocycles. The van der Waals surface area contributed by atoms with Crippen LogP contribution in [0.3, 0.4) is 0 Å². The molecule has 15 heavy (non-hydrogen) atoms. The zero-order chi connectivity index (χ0) is 10.8. The number of hydrogen-bond donors (Lipinski definition) is 0. The Hall–Kier alpha value is -0.710. The van der Waals surface area contributed by atoms with Crippen molar-refractivity contribution >= 4 is 28.4 Å². The fraction of sp³-hybridized carbons (Fsp3) is 0.250. The smallest absolute Gasteiger partial charge is 0.189 e. The lowest BCUT2D eigenvalue weighted by Crippen LogP contribution is -2.04. The summed E-state index contributed by atoms with van der Waals surface area (Å²) in [7, 11) is 0. The van der Waals surface area contributed by atoms with Gasteiger partial charge in [0, 0.05) is 9.13 Å². The summed E-state index contributed by atoms with van der Waals surface area (Å²) in [5.74, 6) is -0.242. The van der Waals surface area contributed by atoms with E-state index in [1.165, 1.54) is 12.1 Å². The number of Topliss-reactive ketones (excluding diaryl/α,β-unsaturated/α-hetero) is 1. The average Bonchev–Trinajstić information content (AvgIpc) is 2.69. The maximum atomic E-state index is 12.9. The minimum absolute atomic E-state index is 0.0527. The van der Waals surface area contributed by atoms with Gasteiger partial charge in [-0.05, 0) is 65.6 Å². The normalized spacial score (nSPS) is 15.2. The minimum atomic E-state index is -0.295. The SMILES string of the molecule is O=C(C1=CCCC1)c1ccc(F)cc1I. The molecule has 0 aliphatic heterocycles. The minimum Gasteiger partial charge on any atom is -0.289 e. The van der Waals surface area contributed by atoms with E-state index in [9.17, 15) is 9.18 Å². The third-order valence-corrected chi connectivity index (χ3v) is 3.40. The Bertz CT molecular complexity index is 437. The third kappa shape index (κ3) is 2.27. The van der Waals surface area contributed by atoms with Crippen LogP contribution in [0, 0.1) is 9.39 Å². The van der Waals surface area contributed by atoms with Gasteiger partial charge in [-0.25, -0.2) is 4.39 Å². The van der Waals surface area contributed by atoms with Crippen molar-refractivity contribution < 1.29 is 9.18 Å². The van der Waals surface area contributed by atoms with Crippen molar-refractivity contribution in [1.29, 1.82) is 0 Å². The number of benzene rings is 1. The van der Waals surface area contributed by atoms with Crippen molar-refractivity contribution in [2.24, 2.45) is 0 Å². The van der Waals surface area contributed by atoms with Gasteiger partial charge in [-0.2, -0.15) is 0 Å². The molecule has 1 aromatic carbocycles. The maximum absolute atomic E-state index is 12.9. The van der Waals surface area contributed by atoms with E-state index in [4.69, 9.17) is 0 Å². The first-order valence-corrected chi connectivity index (χ1v) is 5.95. The van der Waals surface area contributed by atoms with Crippen molar-refractivity contribution in [1.82, 2.24) is 0 Å². The Kier molecular flexibility index (Phi) is 3.19. The second-order valence-electron chi connectivity index (χ2n) is 3.57. The summed E-state index contributed by atoms with van der Waals surface area (Å²) in [5, 5.41) is 0. The van der Waals surface area contributed by atoms with Crippen LogP contribution in [0.2, 0.25) is 0 Å². The molecule has 0 saturated carbocycles. The van der Waals surface area contributed by atoms with E-state index < -0.39 is 0 Å². The summed E-state index contributed by atoms with van der Waals surface area (Å²) >= 11 is 2.00. The molecule has 0 atom stereocenters. The van der Waals surface area contributed by atoms with Gasteiger partial charge < -0.3 is 0 Å². The molecular weight excluding hydrogens is 306 g/mol. The van der Waals surface area contributed by atoms with Gasteiger partial charge in [-0.1, -0.05) is 6.08 Å². The van der Waals surface area contributed by atoms with Crippen LogP contribution in [0.5, 0.6) is 0 Å². The molecule has 1 aliphatic rings. The molecule has 1 aliphatic carbocycles. The first-order chi connectivity index (χ1) is 7.18. The predicted molar refractivity (Wildman–Crippen MR) is 65.4 cm³/mol. The zero-order valence-corrected chi connectivity index (χ0v) is 10.3. The molecule has 0 amide bonds. The van der Waals surface area contributed by atoms with E-state index >= 15 is 0 Å². The van der Waals surface area contributed by atoms with Crippen LogP contribution in [0.25, 0.3) is 0 Å². The lowest BCUT2D eigenvalue weighted by molar-refractivity contribution is 0.103. The number of allylic oxidation sites excluding steroid dienone is 2. The molecule has 0 radical (unpaired) electrons. The van der Waals surface area contributed by atoms with Crippen LogP contribution in [-0.2, 0) is 0 Å². The molecule has 0 fully saturated rings. The molecule has 1 aromatic rings. The van der Waals surface area contributed by atoms with Crippen molar-refractivity contribution in [3.05, 3.63) is 44.8 Å². The highest BCUT2D eigenvalue weighted by Crippen LogP contribution is 2.24. The molecule has 78 valence electrons. The van der Waals surface area contributed by atoms with E-state index in [-0.39, 0.29) is 11.6 Å². The van der Waals surface area contributed by atoms with E-state index in [1.54, 1.807) is 6.07 Å². The van der Waals surface area contributed by atoms with Crippen LogP contribution >= 0.6 is 22.6 Å². The van der Waals surface area contributed by atoms with Crippen molar-refractivity contribution in [2.75, 3.05) is 0 Å². The summed E-state index contributed by atoms with van der Waals surface area (Å²) in [6.45, 7) is 0. The third-order valence-electron chi connectivity index (χ3n) is 2.51. The van der Waals surface area contributed by atoms with E-state index in [0.29, 0.717) is 9.13 Å². The fourth-order valence-corrected chi connectivity index (χ4v) is 2.45. The van der Waals surface area contributed by atoms with Crippen LogP contribution in [-0.4, -0.2) is 5.78 Å². The number of halogens is 2. The van der Waals surface area contributed by atoms with Gasteiger partial charge in [0.15, 0.2) is 5.78 Å². The first-order valence-electron chi connectivity index (χ1n) is 4.87. The van der Waals surface area contributed by atoms with Gasteiger partial charge in [0.2, 0.25) is 0 Å². The van der Waals surface area contributed by atoms with Crippen molar-refractivity contribution in [3.8, 4) is 0 Å². The van der Waals surface area contributed by atoms with Crippen LogP contribution < -0.4 is 0 Å². The quantitative estimate of drug-likeness (QED) is 0.600. The van der Waals surface area contributed by atoms with Crippen LogP contribution in [0.4, 0.5) is 4.39 Å². The second-order valence-corrected chi connectivity index (χ2v) is 4.74. The Balaban J connectivity index is 2.33. The van der Waals surface area contributed by atoms with Gasteiger partial charge in [0.25, 0.3) is 0 Å². The number of carbonyl (C=O) groups excluding carboxylic acids is 1. The molecule has 1 nitrogen and oxygen atoms in total. The van der Waals surface area contributed by atoms with Gasteiger partial charge in [-0.15, -0.1) is 0 Å². The summed E-state index contributed by atoms with van der Waals surface area (Å²) in [6, 6.07) is 4.30. The van der Waals surface area contributed by atoms with Crippen molar-refractivity contribution in [3.63, 3.8) is 0 Å². The topological polar surface area (TPSA) is 17.1 Å².